The normalized spacial score (nSPS) is 19.8. The summed E-state index contributed by atoms with van der Waals surface area (Å²) in [5, 5.41) is 3.21. The van der Waals surface area contributed by atoms with Crippen LogP contribution in [0.1, 0.15) is 23.6 Å². The molecule has 11 heteroatoms. The lowest BCUT2D eigenvalue weighted by Gasteiger charge is -2.21. The Labute approximate surface area is 194 Å². The van der Waals surface area contributed by atoms with Crippen LogP contribution in [0.4, 0.5) is 0 Å². The number of carbonyl (C=O) groups is 1. The highest BCUT2D eigenvalue weighted by Crippen LogP contribution is 2.25. The summed E-state index contributed by atoms with van der Waals surface area (Å²) in [6.07, 6.45) is 0. The largest absolute Gasteiger partial charge is 0.469 e. The van der Waals surface area contributed by atoms with Crippen LogP contribution in [-0.4, -0.2) is 65.1 Å². The molecule has 0 saturated carbocycles. The molecule has 2 atom stereocenters. The van der Waals surface area contributed by atoms with Crippen molar-refractivity contribution >= 4 is 57.3 Å². The van der Waals surface area contributed by atoms with Crippen molar-refractivity contribution in [2.75, 3.05) is 39.8 Å². The van der Waals surface area contributed by atoms with Crippen molar-refractivity contribution in [2.24, 2.45) is 16.8 Å². The summed E-state index contributed by atoms with van der Waals surface area (Å²) >= 11 is 1.47. The van der Waals surface area contributed by atoms with E-state index in [9.17, 15) is 13.2 Å². The molecule has 2 unspecified atom stereocenters. The van der Waals surface area contributed by atoms with E-state index in [1.807, 2.05) is 25.7 Å². The lowest BCUT2D eigenvalue weighted by molar-refractivity contribution is -0.145. The summed E-state index contributed by atoms with van der Waals surface area (Å²) < 4.78 is 32.4. The smallest absolute Gasteiger partial charge is 0.310 e. The van der Waals surface area contributed by atoms with E-state index in [1.165, 1.54) is 18.4 Å². The highest BCUT2D eigenvalue weighted by atomic mass is 127. The van der Waals surface area contributed by atoms with Crippen LogP contribution in [0.25, 0.3) is 0 Å². The third-order valence-corrected chi connectivity index (χ3v) is 7.38. The molecular formula is C18H31IN4O4S2. The van der Waals surface area contributed by atoms with Gasteiger partial charge in [0.25, 0.3) is 0 Å². The summed E-state index contributed by atoms with van der Waals surface area (Å²) in [7, 11) is -2.13. The lowest BCUT2D eigenvalue weighted by Crippen LogP contribution is -2.41. The molecule has 1 aromatic rings. The van der Waals surface area contributed by atoms with E-state index in [1.54, 1.807) is 13.0 Å². The predicted molar refractivity (Wildman–Crippen MR) is 127 cm³/mol. The minimum atomic E-state index is -3.54. The third-order valence-electron chi connectivity index (χ3n) is 4.70. The van der Waals surface area contributed by atoms with Gasteiger partial charge in [-0.05, 0) is 32.8 Å². The second-order valence-corrected chi connectivity index (χ2v) is 10.1. The van der Waals surface area contributed by atoms with Gasteiger partial charge in [0.1, 0.15) is 0 Å². The average Bonchev–Trinajstić information content (AvgIpc) is 3.19. The Bertz CT molecular complexity index is 826. The van der Waals surface area contributed by atoms with Gasteiger partial charge in [0.15, 0.2) is 5.96 Å². The maximum atomic E-state index is 12.5. The fourth-order valence-electron chi connectivity index (χ4n) is 3.32. The van der Waals surface area contributed by atoms with Crippen molar-refractivity contribution in [3.05, 3.63) is 15.8 Å². The van der Waals surface area contributed by atoms with E-state index >= 15 is 0 Å². The van der Waals surface area contributed by atoms with Crippen molar-refractivity contribution in [3.8, 4) is 0 Å². The number of halogens is 1. The topological polar surface area (TPSA) is 100 Å². The Balaban J connectivity index is 0.00000420. The molecule has 2 rings (SSSR count). The number of ether oxygens (including phenoxy) is 1. The Morgan fingerprint density at radius 2 is 2.07 bits per heavy atom. The van der Waals surface area contributed by atoms with Gasteiger partial charge in [-0.1, -0.05) is 6.92 Å². The molecule has 2 heterocycles. The molecule has 0 aliphatic carbocycles. The van der Waals surface area contributed by atoms with Gasteiger partial charge in [0.2, 0.25) is 10.0 Å². The molecule has 0 radical (unpaired) electrons. The number of hydrogen-bond acceptors (Lipinski definition) is 6. The third kappa shape index (κ3) is 6.79. The van der Waals surface area contributed by atoms with Crippen LogP contribution >= 0.6 is 35.3 Å². The van der Waals surface area contributed by atoms with Gasteiger partial charge in [-0.25, -0.2) is 13.1 Å². The number of hydrogen-bond donors (Lipinski definition) is 2. The van der Waals surface area contributed by atoms with Crippen LogP contribution in [0.5, 0.6) is 0 Å². The molecule has 1 saturated heterocycles. The van der Waals surface area contributed by atoms with Gasteiger partial charge in [0, 0.05) is 35.9 Å². The summed E-state index contributed by atoms with van der Waals surface area (Å²) in [4.78, 5) is 20.5. The standard InChI is InChI=1S/C18H30N4O4S2.HI/c1-6-19-18(22-10-12(2)15(11-22)17(23)26-5)20-7-8-21-28(24,25)16-9-13(3)27-14(16)4;/h9,12,15,21H,6-8,10-11H2,1-5H3,(H,19,20);1H. The summed E-state index contributed by atoms with van der Waals surface area (Å²) in [5.41, 5.74) is 0. The average molecular weight is 559 g/mol. The molecule has 1 aromatic heterocycles. The minimum Gasteiger partial charge on any atom is -0.469 e. The molecule has 166 valence electrons. The fourth-order valence-corrected chi connectivity index (χ4v) is 5.89. The van der Waals surface area contributed by atoms with Crippen LogP contribution in [-0.2, 0) is 19.6 Å². The van der Waals surface area contributed by atoms with E-state index < -0.39 is 10.0 Å². The quantitative estimate of drug-likeness (QED) is 0.175. The van der Waals surface area contributed by atoms with Crippen LogP contribution < -0.4 is 10.0 Å². The molecular weight excluding hydrogens is 527 g/mol. The first-order chi connectivity index (χ1) is 13.2. The van der Waals surface area contributed by atoms with Gasteiger partial charge in [0.05, 0.1) is 24.5 Å². The monoisotopic (exact) mass is 558 g/mol. The Kier molecular flexibility index (Phi) is 10.3. The summed E-state index contributed by atoms with van der Waals surface area (Å²) in [5.74, 6) is 0.458. The van der Waals surface area contributed by atoms with Crippen molar-refractivity contribution in [1.29, 1.82) is 0 Å². The number of methoxy groups -OCH3 is 1. The summed E-state index contributed by atoms with van der Waals surface area (Å²) in [6.45, 7) is 10.1. The Morgan fingerprint density at radius 1 is 1.38 bits per heavy atom. The molecule has 0 amide bonds. The molecule has 1 aliphatic heterocycles. The summed E-state index contributed by atoms with van der Waals surface area (Å²) in [6, 6.07) is 1.69. The minimum absolute atomic E-state index is 0. The van der Waals surface area contributed by atoms with Gasteiger partial charge >= 0.3 is 5.97 Å². The molecule has 1 aliphatic rings. The van der Waals surface area contributed by atoms with Crippen LogP contribution in [0.2, 0.25) is 0 Å². The highest BCUT2D eigenvalue weighted by Gasteiger charge is 2.36. The van der Waals surface area contributed by atoms with E-state index in [2.05, 4.69) is 15.0 Å². The molecule has 0 aromatic carbocycles. The SMILES string of the molecule is CCNC(=NCCNS(=O)(=O)c1cc(C)sc1C)N1CC(C)C(C(=O)OC)C1.I. The van der Waals surface area contributed by atoms with E-state index in [-0.39, 0.29) is 48.3 Å². The maximum Gasteiger partial charge on any atom is 0.310 e. The number of likely N-dealkylation sites (tertiary alicyclic amines) is 1. The van der Waals surface area contributed by atoms with Crippen LogP contribution in [0.3, 0.4) is 0 Å². The molecule has 0 spiro atoms. The molecule has 0 bridgehead atoms. The Morgan fingerprint density at radius 3 is 2.62 bits per heavy atom. The second kappa shape index (κ2) is 11.5. The first-order valence-corrected chi connectivity index (χ1v) is 11.7. The number of nitrogens with one attached hydrogen (secondary N) is 2. The van der Waals surface area contributed by atoms with Crippen LogP contribution in [0.15, 0.2) is 16.0 Å². The first-order valence-electron chi connectivity index (χ1n) is 9.37. The van der Waals surface area contributed by atoms with Gasteiger partial charge in [-0.15, -0.1) is 35.3 Å². The van der Waals surface area contributed by atoms with Crippen molar-refractivity contribution in [2.45, 2.75) is 32.6 Å². The van der Waals surface area contributed by atoms with Gasteiger partial charge in [-0.3, -0.25) is 9.79 Å². The van der Waals surface area contributed by atoms with Crippen molar-refractivity contribution < 1.29 is 17.9 Å². The lowest BCUT2D eigenvalue weighted by atomic mass is 9.99. The Hall–Kier alpha value is -0.920. The number of aliphatic imine (C=N–C) groups is 1. The number of nitrogens with zero attached hydrogens (tertiary/aromatic N) is 2. The molecule has 29 heavy (non-hydrogen) atoms. The van der Waals surface area contributed by atoms with Crippen molar-refractivity contribution in [1.82, 2.24) is 14.9 Å². The predicted octanol–water partition coefficient (Wildman–Crippen LogP) is 1.97. The molecule has 8 nitrogen and oxygen atoms in total. The number of rotatable bonds is 7. The van der Waals surface area contributed by atoms with E-state index in [0.29, 0.717) is 37.0 Å². The number of carbonyl (C=O) groups excluding carboxylic acids is 1. The van der Waals surface area contributed by atoms with Crippen molar-refractivity contribution in [3.63, 3.8) is 0 Å². The van der Waals surface area contributed by atoms with Crippen LogP contribution in [0, 0.1) is 25.7 Å². The molecule has 2 N–H and O–H groups in total. The zero-order valence-electron chi connectivity index (χ0n) is 17.5. The highest BCUT2D eigenvalue weighted by molar-refractivity contribution is 14.0. The zero-order chi connectivity index (χ0) is 20.9. The van der Waals surface area contributed by atoms with E-state index in [0.717, 1.165) is 9.75 Å². The number of thiophene rings is 1. The number of sulfonamides is 1. The molecule has 1 fully saturated rings. The van der Waals surface area contributed by atoms with Gasteiger partial charge < -0.3 is 15.0 Å². The van der Waals surface area contributed by atoms with E-state index in [4.69, 9.17) is 4.74 Å². The maximum absolute atomic E-state index is 12.5. The number of aryl methyl sites for hydroxylation is 2. The first kappa shape index (κ1) is 26.1. The zero-order valence-corrected chi connectivity index (χ0v) is 21.5. The number of guanidine groups is 1. The number of esters is 1. The second-order valence-electron chi connectivity index (χ2n) is 6.92. The van der Waals surface area contributed by atoms with Gasteiger partial charge in [-0.2, -0.15) is 0 Å². The fraction of sp³-hybridized carbons (Fsp3) is 0.667.